The molecule has 1 N–H and O–H groups in total. The minimum absolute atomic E-state index is 0.373. The Morgan fingerprint density at radius 3 is 2.56 bits per heavy atom. The van der Waals surface area contributed by atoms with E-state index < -0.39 is 6.10 Å². The molecular formula is C14H21NO3. The van der Waals surface area contributed by atoms with Crippen molar-refractivity contribution < 1.29 is 14.3 Å². The maximum absolute atomic E-state index is 11.3. The second kappa shape index (κ2) is 7.01. The minimum atomic E-state index is -0.602. The van der Waals surface area contributed by atoms with E-state index in [4.69, 9.17) is 4.74 Å². The molecular weight excluding hydrogens is 230 g/mol. The van der Waals surface area contributed by atoms with E-state index >= 15 is 0 Å². The van der Waals surface area contributed by atoms with Crippen LogP contribution in [-0.4, -0.2) is 25.2 Å². The Balaban J connectivity index is 2.72. The third-order valence-electron chi connectivity index (χ3n) is 2.51. The van der Waals surface area contributed by atoms with Gasteiger partial charge in [-0.2, -0.15) is 0 Å². The van der Waals surface area contributed by atoms with E-state index in [1.807, 2.05) is 24.3 Å². The van der Waals surface area contributed by atoms with E-state index in [9.17, 15) is 4.79 Å². The lowest BCUT2D eigenvalue weighted by Gasteiger charge is -2.16. The van der Waals surface area contributed by atoms with Crippen LogP contribution in [0.5, 0.6) is 5.75 Å². The highest BCUT2D eigenvalue weighted by Crippen LogP contribution is 2.19. The third-order valence-corrected chi connectivity index (χ3v) is 2.51. The third kappa shape index (κ3) is 4.37. The van der Waals surface area contributed by atoms with Crippen molar-refractivity contribution in [2.24, 2.45) is 0 Å². The van der Waals surface area contributed by atoms with Gasteiger partial charge in [0.15, 0.2) is 6.10 Å². The summed E-state index contributed by atoms with van der Waals surface area (Å²) in [7, 11) is 1.36. The van der Waals surface area contributed by atoms with E-state index in [0.29, 0.717) is 18.3 Å². The van der Waals surface area contributed by atoms with Gasteiger partial charge in [-0.05, 0) is 13.0 Å². The Bertz CT molecular complexity index is 390. The molecule has 1 atom stereocenters. The second-order valence-corrected chi connectivity index (χ2v) is 4.43. The van der Waals surface area contributed by atoms with Crippen LogP contribution in [0.1, 0.15) is 26.3 Å². The quantitative estimate of drug-likeness (QED) is 0.787. The average molecular weight is 251 g/mol. The second-order valence-electron chi connectivity index (χ2n) is 4.43. The smallest absolute Gasteiger partial charge is 0.346 e. The number of ether oxygens (including phenoxy) is 2. The van der Waals surface area contributed by atoms with Gasteiger partial charge in [-0.15, -0.1) is 0 Å². The number of para-hydroxylation sites is 1. The van der Waals surface area contributed by atoms with Crippen LogP contribution in [0.4, 0.5) is 0 Å². The maximum atomic E-state index is 11.3. The molecule has 0 bridgehead atoms. The number of esters is 1. The molecule has 0 spiro atoms. The number of carbonyl (C=O) groups excluding carboxylic acids is 1. The molecule has 1 aromatic rings. The predicted molar refractivity (Wildman–Crippen MR) is 70.5 cm³/mol. The highest BCUT2D eigenvalue weighted by atomic mass is 16.6. The Hall–Kier alpha value is -1.55. The molecule has 1 unspecified atom stereocenters. The molecule has 0 fully saturated rings. The van der Waals surface area contributed by atoms with Crippen LogP contribution < -0.4 is 10.1 Å². The van der Waals surface area contributed by atoms with E-state index in [-0.39, 0.29) is 5.97 Å². The molecule has 0 amide bonds. The number of hydrogen-bond donors (Lipinski definition) is 1. The summed E-state index contributed by atoms with van der Waals surface area (Å²) < 4.78 is 10.3. The fourth-order valence-electron chi connectivity index (χ4n) is 1.48. The summed E-state index contributed by atoms with van der Waals surface area (Å²) in [5.41, 5.74) is 1.03. The van der Waals surface area contributed by atoms with Crippen LogP contribution >= 0.6 is 0 Å². The van der Waals surface area contributed by atoms with E-state index in [0.717, 1.165) is 5.56 Å². The first-order valence-electron chi connectivity index (χ1n) is 6.10. The summed E-state index contributed by atoms with van der Waals surface area (Å²) >= 11 is 0. The largest absolute Gasteiger partial charge is 0.479 e. The monoisotopic (exact) mass is 251 g/mol. The van der Waals surface area contributed by atoms with Gasteiger partial charge < -0.3 is 14.8 Å². The molecule has 100 valence electrons. The molecule has 0 aliphatic rings. The molecule has 0 saturated carbocycles. The zero-order valence-corrected chi connectivity index (χ0v) is 11.4. The van der Waals surface area contributed by atoms with Crippen LogP contribution in [-0.2, 0) is 16.1 Å². The lowest BCUT2D eigenvalue weighted by Crippen LogP contribution is -2.26. The first-order valence-corrected chi connectivity index (χ1v) is 6.10. The van der Waals surface area contributed by atoms with Gasteiger partial charge in [-0.25, -0.2) is 4.79 Å². The minimum Gasteiger partial charge on any atom is -0.479 e. The Morgan fingerprint density at radius 2 is 1.94 bits per heavy atom. The summed E-state index contributed by atoms with van der Waals surface area (Å²) in [5.74, 6) is 0.338. The molecule has 0 saturated heterocycles. The summed E-state index contributed by atoms with van der Waals surface area (Å²) in [6, 6.07) is 8.08. The van der Waals surface area contributed by atoms with Crippen molar-refractivity contribution >= 4 is 5.97 Å². The van der Waals surface area contributed by atoms with Crippen LogP contribution in [0.15, 0.2) is 24.3 Å². The van der Waals surface area contributed by atoms with Crippen molar-refractivity contribution in [3.8, 4) is 5.75 Å². The van der Waals surface area contributed by atoms with Crippen molar-refractivity contribution in [3.63, 3.8) is 0 Å². The van der Waals surface area contributed by atoms with Crippen molar-refractivity contribution in [1.82, 2.24) is 5.32 Å². The number of rotatable bonds is 6. The molecule has 0 aliphatic carbocycles. The SMILES string of the molecule is COC(=O)C(C)Oc1ccccc1CNC(C)C. The summed E-state index contributed by atoms with van der Waals surface area (Å²) in [6.07, 6.45) is -0.602. The first kappa shape index (κ1) is 14.5. The highest BCUT2D eigenvalue weighted by molar-refractivity contribution is 5.74. The zero-order chi connectivity index (χ0) is 13.5. The Labute approximate surface area is 108 Å². The molecule has 0 aromatic heterocycles. The fraction of sp³-hybridized carbons (Fsp3) is 0.500. The maximum Gasteiger partial charge on any atom is 0.346 e. The number of nitrogens with one attached hydrogen (secondary N) is 1. The predicted octanol–water partition coefficient (Wildman–Crippen LogP) is 2.12. The highest BCUT2D eigenvalue weighted by Gasteiger charge is 2.16. The van der Waals surface area contributed by atoms with Gasteiger partial charge in [-0.3, -0.25) is 0 Å². The topological polar surface area (TPSA) is 47.6 Å². The molecule has 4 heteroatoms. The standard InChI is InChI=1S/C14H21NO3/c1-10(2)15-9-12-7-5-6-8-13(12)18-11(3)14(16)17-4/h5-8,10-11,15H,9H2,1-4H3. The van der Waals surface area contributed by atoms with Gasteiger partial charge in [0.05, 0.1) is 7.11 Å². The first-order chi connectivity index (χ1) is 8.54. The number of methoxy groups -OCH3 is 1. The van der Waals surface area contributed by atoms with Gasteiger partial charge in [0.1, 0.15) is 5.75 Å². The fourth-order valence-corrected chi connectivity index (χ4v) is 1.48. The average Bonchev–Trinajstić information content (AvgIpc) is 2.36. The molecule has 18 heavy (non-hydrogen) atoms. The molecule has 0 aliphatic heterocycles. The van der Waals surface area contributed by atoms with Gasteiger partial charge in [-0.1, -0.05) is 32.0 Å². The van der Waals surface area contributed by atoms with Crippen LogP contribution in [0.3, 0.4) is 0 Å². The van der Waals surface area contributed by atoms with Crippen molar-refractivity contribution in [1.29, 1.82) is 0 Å². The van der Waals surface area contributed by atoms with Gasteiger partial charge >= 0.3 is 5.97 Å². The van der Waals surface area contributed by atoms with Crippen molar-refractivity contribution in [3.05, 3.63) is 29.8 Å². The Morgan fingerprint density at radius 1 is 1.28 bits per heavy atom. The van der Waals surface area contributed by atoms with Crippen molar-refractivity contribution in [2.45, 2.75) is 39.5 Å². The molecule has 0 radical (unpaired) electrons. The normalized spacial score (nSPS) is 12.3. The van der Waals surface area contributed by atoms with Crippen LogP contribution in [0, 0.1) is 0 Å². The van der Waals surface area contributed by atoms with Crippen LogP contribution in [0.25, 0.3) is 0 Å². The molecule has 1 aromatic carbocycles. The summed E-state index contributed by atoms with van der Waals surface area (Å²) in [6.45, 7) is 6.56. The number of benzene rings is 1. The van der Waals surface area contributed by atoms with Gasteiger partial charge in [0, 0.05) is 18.2 Å². The number of hydrogen-bond acceptors (Lipinski definition) is 4. The lowest BCUT2D eigenvalue weighted by molar-refractivity contribution is -0.147. The van der Waals surface area contributed by atoms with Crippen LogP contribution in [0.2, 0.25) is 0 Å². The van der Waals surface area contributed by atoms with E-state index in [2.05, 4.69) is 23.9 Å². The van der Waals surface area contributed by atoms with E-state index in [1.54, 1.807) is 6.92 Å². The van der Waals surface area contributed by atoms with Gasteiger partial charge in [0.2, 0.25) is 0 Å². The molecule has 1 rings (SSSR count). The zero-order valence-electron chi connectivity index (χ0n) is 11.4. The number of carbonyl (C=O) groups is 1. The van der Waals surface area contributed by atoms with Gasteiger partial charge in [0.25, 0.3) is 0 Å². The Kier molecular flexibility index (Phi) is 5.65. The lowest BCUT2D eigenvalue weighted by atomic mass is 10.2. The van der Waals surface area contributed by atoms with E-state index in [1.165, 1.54) is 7.11 Å². The summed E-state index contributed by atoms with van der Waals surface area (Å²) in [4.78, 5) is 11.3. The molecule has 0 heterocycles. The van der Waals surface area contributed by atoms with Crippen molar-refractivity contribution in [2.75, 3.05) is 7.11 Å². The summed E-state index contributed by atoms with van der Waals surface area (Å²) in [5, 5.41) is 3.32. The molecule has 4 nitrogen and oxygen atoms in total.